The number of benzene rings is 2. The van der Waals surface area contributed by atoms with E-state index in [9.17, 15) is 0 Å². The lowest BCUT2D eigenvalue weighted by molar-refractivity contribution is 0.461. The van der Waals surface area contributed by atoms with Crippen LogP contribution in [0.1, 0.15) is 31.9 Å². The van der Waals surface area contributed by atoms with E-state index in [1.54, 1.807) is 0 Å². The molecule has 1 N–H and O–H groups in total. The van der Waals surface area contributed by atoms with Gasteiger partial charge in [0.2, 0.25) is 0 Å². The molecule has 0 saturated heterocycles. The molecule has 0 bridgehead atoms. The van der Waals surface area contributed by atoms with Crippen molar-refractivity contribution in [3.05, 3.63) is 59.1 Å². The molecule has 2 aromatic rings. The molecule has 3 heteroatoms. The van der Waals surface area contributed by atoms with Crippen molar-refractivity contribution in [2.45, 2.75) is 26.3 Å². The van der Waals surface area contributed by atoms with Crippen LogP contribution in [0.3, 0.4) is 0 Å². The van der Waals surface area contributed by atoms with Crippen LogP contribution in [0, 0.1) is 0 Å². The first kappa shape index (κ1) is 14.9. The number of rotatable bonds is 6. The zero-order valence-corrected chi connectivity index (χ0v) is 12.7. The van der Waals surface area contributed by atoms with Crippen molar-refractivity contribution < 1.29 is 4.74 Å². The maximum Gasteiger partial charge on any atom is 0.146 e. The van der Waals surface area contributed by atoms with E-state index in [4.69, 9.17) is 16.3 Å². The van der Waals surface area contributed by atoms with Crippen LogP contribution in [0.2, 0.25) is 5.02 Å². The van der Waals surface area contributed by atoms with Crippen LogP contribution in [0.15, 0.2) is 48.5 Å². The van der Waals surface area contributed by atoms with Gasteiger partial charge in [-0.05, 0) is 38.1 Å². The van der Waals surface area contributed by atoms with Crippen LogP contribution < -0.4 is 10.1 Å². The van der Waals surface area contributed by atoms with Gasteiger partial charge in [-0.1, -0.05) is 48.9 Å². The first-order chi connectivity index (χ1) is 9.72. The van der Waals surface area contributed by atoms with Crippen LogP contribution in [0.25, 0.3) is 0 Å². The number of halogens is 1. The molecular formula is C17H20ClNO. The third kappa shape index (κ3) is 3.75. The van der Waals surface area contributed by atoms with Crippen LogP contribution in [0.5, 0.6) is 11.5 Å². The molecule has 0 amide bonds. The van der Waals surface area contributed by atoms with Gasteiger partial charge in [-0.15, -0.1) is 0 Å². The monoisotopic (exact) mass is 289 g/mol. The predicted octanol–water partition coefficient (Wildman–Crippen LogP) is 5.19. The highest BCUT2D eigenvalue weighted by atomic mass is 35.5. The van der Waals surface area contributed by atoms with Gasteiger partial charge in [0.05, 0.1) is 5.02 Å². The summed E-state index contributed by atoms with van der Waals surface area (Å²) in [5, 5.41) is 4.10. The topological polar surface area (TPSA) is 21.3 Å². The van der Waals surface area contributed by atoms with Gasteiger partial charge >= 0.3 is 0 Å². The van der Waals surface area contributed by atoms with Gasteiger partial charge in [0.1, 0.15) is 11.5 Å². The Morgan fingerprint density at radius 1 is 1.05 bits per heavy atom. The Bertz CT molecular complexity index is 556. The molecule has 0 saturated carbocycles. The van der Waals surface area contributed by atoms with Gasteiger partial charge in [-0.25, -0.2) is 0 Å². The average Bonchev–Trinajstić information content (AvgIpc) is 2.48. The standard InChI is InChI=1S/C17H20ClNO/c1-3-12-19-13(2)14-8-4-6-10-16(14)20-17-11-7-5-9-15(17)18/h4-11,13,19H,3,12H2,1-2H3. The van der Waals surface area contributed by atoms with E-state index in [2.05, 4.69) is 25.2 Å². The summed E-state index contributed by atoms with van der Waals surface area (Å²) in [7, 11) is 0. The van der Waals surface area contributed by atoms with Gasteiger partial charge < -0.3 is 10.1 Å². The van der Waals surface area contributed by atoms with E-state index < -0.39 is 0 Å². The number of nitrogens with one attached hydrogen (secondary N) is 1. The number of ether oxygens (including phenoxy) is 1. The molecule has 106 valence electrons. The zero-order valence-electron chi connectivity index (χ0n) is 11.9. The fourth-order valence-corrected chi connectivity index (χ4v) is 2.22. The smallest absolute Gasteiger partial charge is 0.146 e. The minimum atomic E-state index is 0.244. The largest absolute Gasteiger partial charge is 0.455 e. The van der Waals surface area contributed by atoms with E-state index in [0.29, 0.717) is 10.8 Å². The van der Waals surface area contributed by atoms with Gasteiger partial charge in [-0.2, -0.15) is 0 Å². The maximum absolute atomic E-state index is 6.15. The van der Waals surface area contributed by atoms with Crippen molar-refractivity contribution in [3.8, 4) is 11.5 Å². The lowest BCUT2D eigenvalue weighted by atomic mass is 10.1. The summed E-state index contributed by atoms with van der Waals surface area (Å²) < 4.78 is 5.97. The molecule has 1 unspecified atom stereocenters. The Morgan fingerprint density at radius 3 is 2.40 bits per heavy atom. The highest BCUT2D eigenvalue weighted by Gasteiger charge is 2.12. The third-order valence-electron chi connectivity index (χ3n) is 3.14. The predicted molar refractivity (Wildman–Crippen MR) is 84.7 cm³/mol. The van der Waals surface area contributed by atoms with E-state index in [1.165, 1.54) is 0 Å². The second kappa shape index (κ2) is 7.32. The number of hydrogen-bond acceptors (Lipinski definition) is 2. The Labute approximate surface area is 125 Å². The Morgan fingerprint density at radius 2 is 1.70 bits per heavy atom. The molecule has 0 aliphatic carbocycles. The van der Waals surface area contributed by atoms with Crippen LogP contribution in [-0.4, -0.2) is 6.54 Å². The molecule has 0 heterocycles. The lowest BCUT2D eigenvalue weighted by Crippen LogP contribution is -2.19. The second-order valence-electron chi connectivity index (χ2n) is 4.75. The van der Waals surface area contributed by atoms with E-state index >= 15 is 0 Å². The van der Waals surface area contributed by atoms with Gasteiger partial charge in [-0.3, -0.25) is 0 Å². The van der Waals surface area contributed by atoms with E-state index in [1.807, 2.05) is 42.5 Å². The first-order valence-electron chi connectivity index (χ1n) is 6.97. The minimum absolute atomic E-state index is 0.244. The number of hydrogen-bond donors (Lipinski definition) is 1. The van der Waals surface area contributed by atoms with Crippen LogP contribution in [-0.2, 0) is 0 Å². The number of para-hydroxylation sites is 2. The highest BCUT2D eigenvalue weighted by Crippen LogP contribution is 2.33. The maximum atomic E-state index is 6.15. The van der Waals surface area contributed by atoms with E-state index in [-0.39, 0.29) is 6.04 Å². The summed E-state index contributed by atoms with van der Waals surface area (Å²) in [6.07, 6.45) is 1.11. The van der Waals surface area contributed by atoms with Crippen molar-refractivity contribution in [2.24, 2.45) is 0 Å². The molecular weight excluding hydrogens is 270 g/mol. The fraction of sp³-hybridized carbons (Fsp3) is 0.294. The zero-order chi connectivity index (χ0) is 14.4. The molecule has 0 fully saturated rings. The molecule has 0 aliphatic rings. The van der Waals surface area contributed by atoms with E-state index in [0.717, 1.165) is 24.3 Å². The van der Waals surface area contributed by atoms with Crippen LogP contribution in [0.4, 0.5) is 0 Å². The molecule has 0 aromatic heterocycles. The van der Waals surface area contributed by atoms with Crippen LogP contribution >= 0.6 is 11.6 Å². The van der Waals surface area contributed by atoms with Gasteiger partial charge in [0.15, 0.2) is 0 Å². The van der Waals surface area contributed by atoms with Crippen molar-refractivity contribution in [1.82, 2.24) is 5.32 Å². The van der Waals surface area contributed by atoms with Crippen molar-refractivity contribution in [3.63, 3.8) is 0 Å². The van der Waals surface area contributed by atoms with Crippen molar-refractivity contribution in [1.29, 1.82) is 0 Å². The first-order valence-corrected chi connectivity index (χ1v) is 7.35. The summed E-state index contributed by atoms with van der Waals surface area (Å²) in [4.78, 5) is 0. The lowest BCUT2D eigenvalue weighted by Gasteiger charge is -2.18. The van der Waals surface area contributed by atoms with Gasteiger partial charge in [0.25, 0.3) is 0 Å². The summed E-state index contributed by atoms with van der Waals surface area (Å²) in [6.45, 7) is 5.29. The van der Waals surface area contributed by atoms with Gasteiger partial charge in [0, 0.05) is 11.6 Å². The third-order valence-corrected chi connectivity index (χ3v) is 3.45. The average molecular weight is 290 g/mol. The van der Waals surface area contributed by atoms with Crippen molar-refractivity contribution in [2.75, 3.05) is 6.54 Å². The molecule has 0 spiro atoms. The fourth-order valence-electron chi connectivity index (χ4n) is 2.05. The molecule has 0 radical (unpaired) electrons. The Hall–Kier alpha value is -1.51. The molecule has 2 aromatic carbocycles. The Balaban J connectivity index is 2.22. The quantitative estimate of drug-likeness (QED) is 0.790. The minimum Gasteiger partial charge on any atom is -0.455 e. The molecule has 2 rings (SSSR count). The molecule has 0 aliphatic heterocycles. The highest BCUT2D eigenvalue weighted by molar-refractivity contribution is 6.32. The second-order valence-corrected chi connectivity index (χ2v) is 5.15. The summed E-state index contributed by atoms with van der Waals surface area (Å²) in [5.74, 6) is 1.53. The SMILES string of the molecule is CCCNC(C)c1ccccc1Oc1ccccc1Cl. The summed E-state index contributed by atoms with van der Waals surface area (Å²) in [6, 6.07) is 15.8. The Kier molecular flexibility index (Phi) is 5.45. The van der Waals surface area contributed by atoms with Crippen molar-refractivity contribution >= 4 is 11.6 Å². The molecule has 20 heavy (non-hydrogen) atoms. The normalized spacial score (nSPS) is 12.2. The molecule has 2 nitrogen and oxygen atoms in total. The molecule has 1 atom stereocenters. The summed E-state index contributed by atoms with van der Waals surface area (Å²) >= 11 is 6.15. The summed E-state index contributed by atoms with van der Waals surface area (Å²) in [5.41, 5.74) is 1.14.